The number of rotatable bonds is 3. The molecule has 17 heavy (non-hydrogen) atoms. The van der Waals surface area contributed by atoms with Crippen LogP contribution in [0, 0.1) is 18.6 Å². The highest BCUT2D eigenvalue weighted by Gasteiger charge is 2.08. The zero-order valence-corrected chi connectivity index (χ0v) is 9.41. The van der Waals surface area contributed by atoms with Gasteiger partial charge in [-0.25, -0.2) is 8.78 Å². The van der Waals surface area contributed by atoms with Crippen LogP contribution in [0.1, 0.15) is 11.1 Å². The summed E-state index contributed by atoms with van der Waals surface area (Å²) in [5, 5.41) is 0. The third-order valence-corrected chi connectivity index (χ3v) is 2.47. The molecule has 0 fully saturated rings. The smallest absolute Gasteiger partial charge is 0.132 e. The van der Waals surface area contributed by atoms with Gasteiger partial charge in [0.2, 0.25) is 0 Å². The highest BCUT2D eigenvalue weighted by Crippen LogP contribution is 2.17. The largest absolute Gasteiger partial charge is 0.489 e. The minimum Gasteiger partial charge on any atom is -0.489 e. The van der Waals surface area contributed by atoms with E-state index in [2.05, 4.69) is 0 Å². The van der Waals surface area contributed by atoms with Gasteiger partial charge in [-0.2, -0.15) is 0 Å². The van der Waals surface area contributed by atoms with Crippen LogP contribution in [0.15, 0.2) is 42.5 Å². The summed E-state index contributed by atoms with van der Waals surface area (Å²) < 4.78 is 31.9. The molecule has 0 radical (unpaired) electrons. The minimum absolute atomic E-state index is 0.0481. The molecule has 3 heteroatoms. The minimum atomic E-state index is -0.586. The van der Waals surface area contributed by atoms with E-state index in [9.17, 15) is 8.78 Å². The molecule has 0 aromatic heterocycles. The molecule has 0 saturated heterocycles. The van der Waals surface area contributed by atoms with E-state index >= 15 is 0 Å². The quantitative estimate of drug-likeness (QED) is 0.783. The lowest BCUT2D eigenvalue weighted by molar-refractivity contribution is 0.292. The van der Waals surface area contributed by atoms with E-state index in [-0.39, 0.29) is 12.2 Å². The van der Waals surface area contributed by atoms with E-state index in [4.69, 9.17) is 4.74 Å². The number of ether oxygens (including phenoxy) is 1. The molecule has 88 valence electrons. The standard InChI is InChI=1S/C14H12F2O/c1-10-5-7-11(8-6-10)17-9-12-13(15)3-2-4-14(12)16/h2-8H,9H2,1H3. The van der Waals surface area contributed by atoms with Crippen molar-refractivity contribution in [2.24, 2.45) is 0 Å². The first-order valence-corrected chi connectivity index (χ1v) is 5.29. The fourth-order valence-electron chi connectivity index (χ4n) is 1.46. The summed E-state index contributed by atoms with van der Waals surface area (Å²) in [6.45, 7) is 1.85. The second kappa shape index (κ2) is 4.95. The average Bonchev–Trinajstić information content (AvgIpc) is 2.31. The predicted octanol–water partition coefficient (Wildman–Crippen LogP) is 3.85. The van der Waals surface area contributed by atoms with E-state index in [1.54, 1.807) is 12.1 Å². The van der Waals surface area contributed by atoms with Crippen LogP contribution in [0.5, 0.6) is 5.75 Å². The van der Waals surface area contributed by atoms with Crippen LogP contribution in [-0.2, 0) is 6.61 Å². The van der Waals surface area contributed by atoms with Crippen LogP contribution in [0.25, 0.3) is 0 Å². The summed E-state index contributed by atoms with van der Waals surface area (Å²) in [6.07, 6.45) is 0. The molecule has 0 aliphatic heterocycles. The Hall–Kier alpha value is -1.90. The molecule has 0 saturated carbocycles. The van der Waals surface area contributed by atoms with Crippen molar-refractivity contribution in [1.82, 2.24) is 0 Å². The molecule has 0 heterocycles. The van der Waals surface area contributed by atoms with Gasteiger partial charge in [0, 0.05) is 0 Å². The zero-order chi connectivity index (χ0) is 12.3. The van der Waals surface area contributed by atoms with Crippen LogP contribution < -0.4 is 4.74 Å². The Bertz CT molecular complexity index is 486. The number of hydrogen-bond acceptors (Lipinski definition) is 1. The first-order valence-electron chi connectivity index (χ1n) is 5.29. The second-order valence-electron chi connectivity index (χ2n) is 3.80. The van der Waals surface area contributed by atoms with Crippen molar-refractivity contribution in [3.63, 3.8) is 0 Å². The molecule has 2 aromatic rings. The van der Waals surface area contributed by atoms with E-state index in [0.717, 1.165) is 5.56 Å². The highest BCUT2D eigenvalue weighted by atomic mass is 19.1. The molecule has 0 atom stereocenters. The SMILES string of the molecule is Cc1ccc(OCc2c(F)cccc2F)cc1. The molecule has 1 nitrogen and oxygen atoms in total. The van der Waals surface area contributed by atoms with Crippen molar-refractivity contribution < 1.29 is 13.5 Å². The topological polar surface area (TPSA) is 9.23 Å². The molecule has 0 spiro atoms. The Labute approximate surface area is 98.7 Å². The Balaban J connectivity index is 2.10. The summed E-state index contributed by atoms with van der Waals surface area (Å²) in [5.41, 5.74) is 1.06. The number of aryl methyl sites for hydroxylation is 1. The maximum atomic E-state index is 13.3. The summed E-state index contributed by atoms with van der Waals surface area (Å²) in [4.78, 5) is 0. The van der Waals surface area contributed by atoms with Crippen LogP contribution in [-0.4, -0.2) is 0 Å². The molecule has 0 aliphatic rings. The van der Waals surface area contributed by atoms with Crippen molar-refractivity contribution in [3.05, 3.63) is 65.2 Å². The molecule has 0 N–H and O–H groups in total. The molecule has 0 amide bonds. The maximum absolute atomic E-state index is 13.3. The Morgan fingerprint density at radius 1 is 0.941 bits per heavy atom. The lowest BCUT2D eigenvalue weighted by Crippen LogP contribution is -2.01. The van der Waals surface area contributed by atoms with Crippen molar-refractivity contribution in [2.45, 2.75) is 13.5 Å². The Morgan fingerprint density at radius 3 is 2.12 bits per heavy atom. The molecule has 2 rings (SSSR count). The van der Waals surface area contributed by atoms with Crippen molar-refractivity contribution in [2.75, 3.05) is 0 Å². The molecule has 2 aromatic carbocycles. The summed E-state index contributed by atoms with van der Waals surface area (Å²) in [7, 11) is 0. The van der Waals surface area contributed by atoms with Crippen LogP contribution in [0.4, 0.5) is 8.78 Å². The first kappa shape index (κ1) is 11.6. The normalized spacial score (nSPS) is 10.3. The average molecular weight is 234 g/mol. The molecule has 0 unspecified atom stereocenters. The van der Waals surface area contributed by atoms with Gasteiger partial charge in [-0.05, 0) is 31.2 Å². The highest BCUT2D eigenvalue weighted by molar-refractivity contribution is 5.27. The molecular formula is C14H12F2O. The van der Waals surface area contributed by atoms with Gasteiger partial charge in [0.25, 0.3) is 0 Å². The lowest BCUT2D eigenvalue weighted by Gasteiger charge is -2.08. The molecule has 0 aliphatic carbocycles. The van der Waals surface area contributed by atoms with Gasteiger partial charge >= 0.3 is 0 Å². The number of benzene rings is 2. The fourth-order valence-corrected chi connectivity index (χ4v) is 1.46. The van der Waals surface area contributed by atoms with Crippen molar-refractivity contribution >= 4 is 0 Å². The fraction of sp³-hybridized carbons (Fsp3) is 0.143. The van der Waals surface area contributed by atoms with E-state index in [0.29, 0.717) is 5.75 Å². The van der Waals surface area contributed by atoms with Gasteiger partial charge in [0.05, 0.1) is 5.56 Å². The lowest BCUT2D eigenvalue weighted by atomic mass is 10.2. The van der Waals surface area contributed by atoms with E-state index in [1.165, 1.54) is 18.2 Å². The van der Waals surface area contributed by atoms with Crippen LogP contribution in [0.2, 0.25) is 0 Å². The Morgan fingerprint density at radius 2 is 1.53 bits per heavy atom. The third-order valence-electron chi connectivity index (χ3n) is 2.47. The van der Waals surface area contributed by atoms with Gasteiger partial charge in [-0.3, -0.25) is 0 Å². The molecule has 0 bridgehead atoms. The summed E-state index contributed by atoms with van der Waals surface area (Å²) >= 11 is 0. The summed E-state index contributed by atoms with van der Waals surface area (Å²) in [6, 6.07) is 11.1. The van der Waals surface area contributed by atoms with Crippen LogP contribution in [0.3, 0.4) is 0 Å². The Kier molecular flexibility index (Phi) is 3.38. The van der Waals surface area contributed by atoms with Gasteiger partial charge in [0.1, 0.15) is 24.0 Å². The van der Waals surface area contributed by atoms with Gasteiger partial charge in [-0.15, -0.1) is 0 Å². The number of halogens is 2. The van der Waals surface area contributed by atoms with E-state index < -0.39 is 11.6 Å². The third kappa shape index (κ3) is 2.81. The monoisotopic (exact) mass is 234 g/mol. The molecular weight excluding hydrogens is 222 g/mol. The van der Waals surface area contributed by atoms with Gasteiger partial charge < -0.3 is 4.74 Å². The predicted molar refractivity (Wildman–Crippen MR) is 61.9 cm³/mol. The van der Waals surface area contributed by atoms with Crippen LogP contribution >= 0.6 is 0 Å². The summed E-state index contributed by atoms with van der Waals surface area (Å²) in [5.74, 6) is -0.576. The first-order chi connectivity index (χ1) is 8.16. The zero-order valence-electron chi connectivity index (χ0n) is 9.41. The second-order valence-corrected chi connectivity index (χ2v) is 3.80. The van der Waals surface area contributed by atoms with Gasteiger partial charge in [-0.1, -0.05) is 23.8 Å². The number of hydrogen-bond donors (Lipinski definition) is 0. The van der Waals surface area contributed by atoms with Crippen molar-refractivity contribution in [1.29, 1.82) is 0 Å². The van der Waals surface area contributed by atoms with Gasteiger partial charge in [0.15, 0.2) is 0 Å². The van der Waals surface area contributed by atoms with E-state index in [1.807, 2.05) is 19.1 Å². The maximum Gasteiger partial charge on any atom is 0.132 e. The van der Waals surface area contributed by atoms with Crippen molar-refractivity contribution in [3.8, 4) is 5.75 Å².